The van der Waals surface area contributed by atoms with Crippen LogP contribution < -0.4 is 24.8 Å². The molecule has 0 N–H and O–H groups in total. The van der Waals surface area contributed by atoms with Crippen LogP contribution in [0.1, 0.15) is 49.8 Å². The molecule has 0 radical (unpaired) electrons. The molecule has 0 nitrogen and oxygen atoms in total. The number of hydrogen-bond acceptors (Lipinski definition) is 0. The molecule has 6 aromatic carbocycles. The van der Waals surface area contributed by atoms with Crippen LogP contribution in [-0.2, 0) is 29.8 Å². The Bertz CT molecular complexity index is 1710. The first-order chi connectivity index (χ1) is 19.8. The second-order valence-corrected chi connectivity index (χ2v) is 20.7. The SMILES string of the molecule is CC(C)c1cc2c(-c3ccccc3)cccc2[cH-]1.CCCc1ccc(-c2ccccc2)c2cc(C)[cH-]c12.C[Si](C)=[Zr+2].[Cl-].[Cl-]. The van der Waals surface area contributed by atoms with E-state index in [1.165, 1.54) is 66.9 Å². The second kappa shape index (κ2) is 17.9. The summed E-state index contributed by atoms with van der Waals surface area (Å²) in [5, 5.41) is 5.54. The number of fused-ring (bicyclic) bond motifs is 2. The summed E-state index contributed by atoms with van der Waals surface area (Å²) in [4.78, 5) is 0. The molecule has 0 saturated carbocycles. The standard InChI is InChI=1S/C19H19.C18H17.C2H6Si.2ClH.Zr/c1-3-7-15-10-11-17(16-8-5-4-6-9-16)19-13-14(2)12-18(15)19;1-13(2)16-11-15-9-6-10-17(18(15)12-16)14-7-4-3-5-8-14;1-3-2;;;/h4-6,8-13H,3,7H2,1-2H3;3-13H,1-2H3;1-2H3;2*1H;/q2*-1;;;;+2/p-2. The zero-order valence-electron chi connectivity index (χ0n) is 26.2. The average molecular weight is 701 g/mol. The molecule has 0 heterocycles. The second-order valence-electron chi connectivity index (χ2n) is 11.4. The Hall–Kier alpha value is -2.22. The Labute approximate surface area is 286 Å². The molecular formula is C39H42Cl2SiZr-2. The van der Waals surface area contributed by atoms with E-state index in [1.807, 2.05) is 0 Å². The third kappa shape index (κ3) is 9.89. The Kier molecular flexibility index (Phi) is 15.4. The van der Waals surface area contributed by atoms with Gasteiger partial charge in [-0.15, -0.1) is 68.6 Å². The normalized spacial score (nSPS) is 10.3. The van der Waals surface area contributed by atoms with Crippen molar-refractivity contribution in [2.75, 3.05) is 0 Å². The molecule has 6 rings (SSSR count). The smallest absolute Gasteiger partial charge is 1.00 e. The van der Waals surface area contributed by atoms with Gasteiger partial charge in [0.2, 0.25) is 0 Å². The number of aryl methyl sites for hydroxylation is 2. The summed E-state index contributed by atoms with van der Waals surface area (Å²) in [6.07, 6.45) is 2.36. The van der Waals surface area contributed by atoms with E-state index in [0.717, 1.165) is 6.42 Å². The van der Waals surface area contributed by atoms with Crippen LogP contribution in [0.3, 0.4) is 0 Å². The molecule has 0 fully saturated rings. The fourth-order valence-electron chi connectivity index (χ4n) is 5.32. The molecule has 0 saturated heterocycles. The van der Waals surface area contributed by atoms with Crippen LogP contribution in [0.15, 0.2) is 115 Å². The van der Waals surface area contributed by atoms with Crippen molar-refractivity contribution in [2.45, 2.75) is 59.5 Å². The Morgan fingerprint density at radius 2 is 1.26 bits per heavy atom. The van der Waals surface area contributed by atoms with Gasteiger partial charge in [-0.1, -0.05) is 124 Å². The molecule has 0 bridgehead atoms. The summed E-state index contributed by atoms with van der Waals surface area (Å²) < 4.78 is 0. The van der Waals surface area contributed by atoms with Crippen LogP contribution in [0, 0.1) is 6.92 Å². The Morgan fingerprint density at radius 3 is 1.79 bits per heavy atom. The van der Waals surface area contributed by atoms with Crippen LogP contribution >= 0.6 is 0 Å². The number of rotatable bonds is 5. The van der Waals surface area contributed by atoms with Gasteiger partial charge >= 0.3 is 41.9 Å². The summed E-state index contributed by atoms with van der Waals surface area (Å²) in [6, 6.07) is 41.7. The van der Waals surface area contributed by atoms with Gasteiger partial charge < -0.3 is 24.8 Å². The average Bonchev–Trinajstić information content (AvgIpc) is 3.58. The summed E-state index contributed by atoms with van der Waals surface area (Å²) >= 11 is 1.74. The molecule has 222 valence electrons. The molecule has 0 atom stereocenters. The first kappa shape index (κ1) is 37.0. The van der Waals surface area contributed by atoms with Crippen molar-refractivity contribution < 1.29 is 48.1 Å². The van der Waals surface area contributed by atoms with Gasteiger partial charge in [0, 0.05) is 0 Å². The summed E-state index contributed by atoms with van der Waals surface area (Å²) in [6.45, 7) is 13.5. The van der Waals surface area contributed by atoms with Crippen molar-refractivity contribution >= 4 is 27.0 Å². The maximum atomic E-state index is 2.34. The first-order valence-electron chi connectivity index (χ1n) is 14.8. The summed E-state index contributed by atoms with van der Waals surface area (Å²) in [5.41, 5.74) is 9.75. The van der Waals surface area contributed by atoms with E-state index in [0.29, 0.717) is 5.92 Å². The van der Waals surface area contributed by atoms with E-state index in [2.05, 4.69) is 156 Å². The number of hydrogen-bond donors (Lipinski definition) is 0. The van der Waals surface area contributed by atoms with Gasteiger partial charge in [-0.05, 0) is 17.0 Å². The predicted octanol–water partition coefficient (Wildman–Crippen LogP) is 5.63. The van der Waals surface area contributed by atoms with Crippen molar-refractivity contribution in [3.05, 3.63) is 132 Å². The van der Waals surface area contributed by atoms with Gasteiger partial charge in [-0.2, -0.15) is 12.1 Å². The van der Waals surface area contributed by atoms with Crippen molar-refractivity contribution in [1.82, 2.24) is 0 Å². The Morgan fingerprint density at radius 1 is 0.698 bits per heavy atom. The molecule has 6 aromatic rings. The quantitative estimate of drug-likeness (QED) is 0.162. The summed E-state index contributed by atoms with van der Waals surface area (Å²) in [7, 11) is 0. The third-order valence-corrected chi connectivity index (χ3v) is 7.25. The molecule has 43 heavy (non-hydrogen) atoms. The third-order valence-electron chi connectivity index (χ3n) is 7.25. The van der Waals surface area contributed by atoms with Gasteiger partial charge in [-0.3, -0.25) is 0 Å². The van der Waals surface area contributed by atoms with Crippen molar-refractivity contribution in [3.8, 4) is 22.3 Å². The number of halogens is 2. The van der Waals surface area contributed by atoms with Gasteiger partial charge in [0.15, 0.2) is 0 Å². The predicted molar refractivity (Wildman–Crippen MR) is 180 cm³/mol. The Balaban J connectivity index is 0.000000257. The van der Waals surface area contributed by atoms with Gasteiger partial charge in [0.25, 0.3) is 0 Å². The van der Waals surface area contributed by atoms with Crippen molar-refractivity contribution in [2.24, 2.45) is 0 Å². The van der Waals surface area contributed by atoms with E-state index < -0.39 is 0 Å². The van der Waals surface area contributed by atoms with Crippen LogP contribution in [0.25, 0.3) is 43.8 Å². The van der Waals surface area contributed by atoms with E-state index in [1.54, 1.807) is 23.3 Å². The van der Waals surface area contributed by atoms with E-state index >= 15 is 0 Å². The van der Waals surface area contributed by atoms with Gasteiger partial charge in [-0.25, -0.2) is 0 Å². The van der Waals surface area contributed by atoms with Gasteiger partial charge in [0.05, 0.1) is 0 Å². The monoisotopic (exact) mass is 698 g/mol. The maximum Gasteiger partial charge on any atom is -1.00 e. The zero-order chi connectivity index (χ0) is 29.4. The molecule has 0 aliphatic rings. The molecule has 0 aliphatic heterocycles. The topological polar surface area (TPSA) is 0 Å². The minimum Gasteiger partial charge on any atom is -1.00 e. The van der Waals surface area contributed by atoms with Crippen LogP contribution in [-0.4, -0.2) is 5.43 Å². The minimum absolute atomic E-state index is 0. The van der Waals surface area contributed by atoms with Crippen LogP contribution in [0.5, 0.6) is 0 Å². The van der Waals surface area contributed by atoms with Gasteiger partial charge in [0.1, 0.15) is 0 Å². The van der Waals surface area contributed by atoms with Crippen LogP contribution in [0.4, 0.5) is 0 Å². The molecule has 0 aromatic heterocycles. The zero-order valence-corrected chi connectivity index (χ0v) is 31.2. The fourth-order valence-corrected chi connectivity index (χ4v) is 5.32. The molecule has 0 aliphatic carbocycles. The fraction of sp³-hybridized carbons (Fsp3) is 0.231. The molecule has 0 amide bonds. The van der Waals surface area contributed by atoms with Crippen LogP contribution in [0.2, 0.25) is 13.1 Å². The van der Waals surface area contributed by atoms with E-state index in [9.17, 15) is 0 Å². The summed E-state index contributed by atoms with van der Waals surface area (Å²) in [5.74, 6) is 0.584. The van der Waals surface area contributed by atoms with Crippen molar-refractivity contribution in [3.63, 3.8) is 0 Å². The van der Waals surface area contributed by atoms with E-state index in [4.69, 9.17) is 0 Å². The number of benzene rings is 4. The molecule has 4 heteroatoms. The largest absolute Gasteiger partial charge is 1.00 e. The molecule has 0 unspecified atom stereocenters. The molecule has 0 spiro atoms. The first-order valence-corrected chi connectivity index (χ1v) is 21.0. The van der Waals surface area contributed by atoms with E-state index in [-0.39, 0.29) is 30.2 Å². The molecular weight excluding hydrogens is 659 g/mol. The minimum atomic E-state index is 0. The maximum absolute atomic E-state index is 2.34. The van der Waals surface area contributed by atoms with Crippen molar-refractivity contribution in [1.29, 1.82) is 0 Å².